The number of nitrogens with zero attached hydrogens (tertiary/aromatic N) is 2. The van der Waals surface area contributed by atoms with Crippen LogP contribution in [-0.2, 0) is 11.8 Å². The average Bonchev–Trinajstić information content (AvgIpc) is 3.07. The van der Waals surface area contributed by atoms with Gasteiger partial charge in [0.1, 0.15) is 17.6 Å². The van der Waals surface area contributed by atoms with Gasteiger partial charge in [0.2, 0.25) is 0 Å². The first-order chi connectivity index (χ1) is 12.5. The van der Waals surface area contributed by atoms with Crippen LogP contribution in [0, 0.1) is 0 Å². The van der Waals surface area contributed by atoms with Crippen molar-refractivity contribution in [3.8, 4) is 5.75 Å². The summed E-state index contributed by atoms with van der Waals surface area (Å²) in [5.41, 5.74) is 0.953. The molecule has 2 aromatic carbocycles. The maximum atomic E-state index is 12.7. The van der Waals surface area contributed by atoms with Crippen LogP contribution in [0.2, 0.25) is 5.02 Å². The number of rotatable bonds is 6. The third-order valence-corrected chi connectivity index (χ3v) is 4.28. The number of hydrogen-bond acceptors (Lipinski definition) is 3. The van der Waals surface area contributed by atoms with E-state index < -0.39 is 6.10 Å². The first-order valence-corrected chi connectivity index (χ1v) is 8.67. The zero-order chi connectivity index (χ0) is 18.5. The van der Waals surface area contributed by atoms with Crippen molar-refractivity contribution in [2.45, 2.75) is 19.1 Å². The van der Waals surface area contributed by atoms with Crippen molar-refractivity contribution in [3.05, 3.63) is 83.4 Å². The number of imidazole rings is 1. The number of carbonyl (C=O) groups is 1. The van der Waals surface area contributed by atoms with E-state index in [-0.39, 0.29) is 11.9 Å². The van der Waals surface area contributed by atoms with Gasteiger partial charge in [-0.3, -0.25) is 4.79 Å². The largest absolute Gasteiger partial charge is 0.481 e. The first-order valence-electron chi connectivity index (χ1n) is 8.29. The minimum atomic E-state index is -0.664. The summed E-state index contributed by atoms with van der Waals surface area (Å²) in [4.78, 5) is 17.1. The van der Waals surface area contributed by atoms with Crippen LogP contribution >= 0.6 is 11.6 Å². The summed E-state index contributed by atoms with van der Waals surface area (Å²) in [6, 6.07) is 16.3. The molecule has 26 heavy (non-hydrogen) atoms. The number of halogens is 1. The van der Waals surface area contributed by atoms with Gasteiger partial charge in [0.25, 0.3) is 5.91 Å². The lowest BCUT2D eigenvalue weighted by atomic mass is 10.1. The molecule has 134 valence electrons. The molecule has 0 spiro atoms. The van der Waals surface area contributed by atoms with Gasteiger partial charge in [-0.2, -0.15) is 0 Å². The second-order valence-corrected chi connectivity index (χ2v) is 6.40. The van der Waals surface area contributed by atoms with Crippen molar-refractivity contribution in [2.24, 2.45) is 7.05 Å². The maximum absolute atomic E-state index is 12.7. The van der Waals surface area contributed by atoms with Gasteiger partial charge in [0, 0.05) is 24.5 Å². The van der Waals surface area contributed by atoms with Crippen LogP contribution < -0.4 is 10.1 Å². The van der Waals surface area contributed by atoms with E-state index in [0.29, 0.717) is 10.8 Å². The van der Waals surface area contributed by atoms with Crippen molar-refractivity contribution < 1.29 is 9.53 Å². The highest BCUT2D eigenvalue weighted by Gasteiger charge is 2.24. The molecule has 0 bridgehead atoms. The lowest BCUT2D eigenvalue weighted by molar-refractivity contribution is -0.127. The van der Waals surface area contributed by atoms with E-state index in [1.165, 1.54) is 0 Å². The predicted octanol–water partition coefficient (Wildman–Crippen LogP) is 3.75. The van der Waals surface area contributed by atoms with Crippen molar-refractivity contribution in [3.63, 3.8) is 0 Å². The summed E-state index contributed by atoms with van der Waals surface area (Å²) in [5.74, 6) is 1.12. The number of aryl methyl sites for hydroxylation is 1. The molecule has 1 N–H and O–H groups in total. The van der Waals surface area contributed by atoms with Crippen LogP contribution in [0.4, 0.5) is 0 Å². The normalized spacial score (nSPS) is 13.0. The molecule has 5 nitrogen and oxygen atoms in total. The van der Waals surface area contributed by atoms with Gasteiger partial charge in [0.05, 0.1) is 0 Å². The van der Waals surface area contributed by atoms with E-state index in [0.717, 1.165) is 11.4 Å². The van der Waals surface area contributed by atoms with Crippen molar-refractivity contribution in [1.29, 1.82) is 0 Å². The molecule has 1 heterocycles. The topological polar surface area (TPSA) is 56.1 Å². The minimum Gasteiger partial charge on any atom is -0.481 e. The number of ether oxygens (including phenoxy) is 1. The van der Waals surface area contributed by atoms with Crippen molar-refractivity contribution >= 4 is 17.5 Å². The summed E-state index contributed by atoms with van der Waals surface area (Å²) >= 11 is 5.88. The zero-order valence-electron chi connectivity index (χ0n) is 14.6. The van der Waals surface area contributed by atoms with Gasteiger partial charge >= 0.3 is 0 Å². The molecule has 0 fully saturated rings. The summed E-state index contributed by atoms with van der Waals surface area (Å²) < 4.78 is 7.61. The van der Waals surface area contributed by atoms with E-state index in [1.54, 1.807) is 37.4 Å². The Morgan fingerprint density at radius 1 is 1.15 bits per heavy atom. The number of nitrogens with one attached hydrogen (secondary N) is 1. The van der Waals surface area contributed by atoms with E-state index in [9.17, 15) is 4.79 Å². The average molecular weight is 370 g/mol. The Labute approximate surface area is 157 Å². The molecule has 0 aliphatic carbocycles. The second-order valence-electron chi connectivity index (χ2n) is 5.96. The van der Waals surface area contributed by atoms with Gasteiger partial charge in [-0.1, -0.05) is 41.9 Å². The van der Waals surface area contributed by atoms with Crippen LogP contribution in [0.15, 0.2) is 67.0 Å². The van der Waals surface area contributed by atoms with Gasteiger partial charge in [-0.15, -0.1) is 0 Å². The Morgan fingerprint density at radius 3 is 2.46 bits per heavy atom. The highest BCUT2D eigenvalue weighted by atomic mass is 35.5. The number of aromatic nitrogens is 2. The molecule has 1 aromatic heterocycles. The Morgan fingerprint density at radius 2 is 1.85 bits per heavy atom. The zero-order valence-corrected chi connectivity index (χ0v) is 15.4. The third-order valence-electron chi connectivity index (χ3n) is 4.03. The molecule has 6 heteroatoms. The van der Waals surface area contributed by atoms with Crippen LogP contribution in [0.3, 0.4) is 0 Å². The molecule has 0 aliphatic heterocycles. The highest BCUT2D eigenvalue weighted by Crippen LogP contribution is 2.21. The Kier molecular flexibility index (Phi) is 5.58. The Bertz CT molecular complexity index is 862. The van der Waals surface area contributed by atoms with Crippen LogP contribution in [0.25, 0.3) is 0 Å². The number of benzene rings is 2. The SMILES string of the molecule is CC(Oc1ccc(Cl)cc1)C(=O)NC(c1ccccc1)c1nccn1C. The minimum absolute atomic E-state index is 0.225. The third kappa shape index (κ3) is 4.24. The van der Waals surface area contributed by atoms with E-state index in [2.05, 4.69) is 10.3 Å². The lowest BCUT2D eigenvalue weighted by Crippen LogP contribution is -2.39. The maximum Gasteiger partial charge on any atom is 0.261 e. The van der Waals surface area contributed by atoms with Gasteiger partial charge < -0.3 is 14.6 Å². The number of amides is 1. The molecule has 0 radical (unpaired) electrons. The fraction of sp³-hybridized carbons (Fsp3) is 0.200. The second kappa shape index (κ2) is 8.06. The molecule has 2 unspecified atom stereocenters. The van der Waals surface area contributed by atoms with E-state index in [1.807, 2.05) is 48.1 Å². The molecule has 0 aliphatic rings. The fourth-order valence-electron chi connectivity index (χ4n) is 2.63. The molecule has 0 saturated carbocycles. The van der Waals surface area contributed by atoms with E-state index in [4.69, 9.17) is 16.3 Å². The van der Waals surface area contributed by atoms with Gasteiger partial charge in [-0.05, 0) is 36.8 Å². The predicted molar refractivity (Wildman–Crippen MR) is 101 cm³/mol. The Hall–Kier alpha value is -2.79. The highest BCUT2D eigenvalue weighted by molar-refractivity contribution is 6.30. The molecular formula is C20H20ClN3O2. The standard InChI is InChI=1S/C20H20ClN3O2/c1-14(26-17-10-8-16(21)9-11-17)20(25)23-18(15-6-4-3-5-7-15)19-22-12-13-24(19)2/h3-14,18H,1-2H3,(H,23,25). The summed E-state index contributed by atoms with van der Waals surface area (Å²) in [5, 5.41) is 3.65. The first kappa shape index (κ1) is 18.0. The van der Waals surface area contributed by atoms with Crippen LogP contribution in [-0.4, -0.2) is 21.6 Å². The van der Waals surface area contributed by atoms with Crippen LogP contribution in [0.5, 0.6) is 5.75 Å². The van der Waals surface area contributed by atoms with E-state index >= 15 is 0 Å². The summed E-state index contributed by atoms with van der Waals surface area (Å²) in [6.45, 7) is 1.71. The monoisotopic (exact) mass is 369 g/mol. The molecule has 2 atom stereocenters. The van der Waals surface area contributed by atoms with Crippen molar-refractivity contribution in [2.75, 3.05) is 0 Å². The fourth-order valence-corrected chi connectivity index (χ4v) is 2.75. The quantitative estimate of drug-likeness (QED) is 0.720. The number of carbonyl (C=O) groups excluding carboxylic acids is 1. The molecule has 1 amide bonds. The molecule has 3 rings (SSSR count). The molecular weight excluding hydrogens is 350 g/mol. The van der Waals surface area contributed by atoms with Gasteiger partial charge in [0.15, 0.2) is 6.10 Å². The van der Waals surface area contributed by atoms with Crippen LogP contribution in [0.1, 0.15) is 24.4 Å². The van der Waals surface area contributed by atoms with Crippen molar-refractivity contribution in [1.82, 2.24) is 14.9 Å². The Balaban J connectivity index is 1.77. The number of hydrogen-bond donors (Lipinski definition) is 1. The molecule has 0 saturated heterocycles. The molecule has 3 aromatic rings. The van der Waals surface area contributed by atoms with Gasteiger partial charge in [-0.25, -0.2) is 4.98 Å². The lowest BCUT2D eigenvalue weighted by Gasteiger charge is -2.22. The smallest absolute Gasteiger partial charge is 0.261 e. The summed E-state index contributed by atoms with van der Waals surface area (Å²) in [6.07, 6.45) is 2.90. The summed E-state index contributed by atoms with van der Waals surface area (Å²) in [7, 11) is 1.90.